The predicted molar refractivity (Wildman–Crippen MR) is 76.9 cm³/mol. The van der Waals surface area contributed by atoms with Crippen LogP contribution >= 0.6 is 0 Å². The molecule has 1 N–H and O–H groups in total. The molecular weight excluding hydrogens is 283 g/mol. The molecule has 0 aromatic heterocycles. The van der Waals surface area contributed by atoms with Gasteiger partial charge in [-0.25, -0.2) is 0 Å². The number of carbonyl (C=O) groups is 1. The summed E-state index contributed by atoms with van der Waals surface area (Å²) < 4.78 is 0. The van der Waals surface area contributed by atoms with Crippen molar-refractivity contribution in [2.24, 2.45) is 0 Å². The van der Waals surface area contributed by atoms with Gasteiger partial charge >= 0.3 is 5.97 Å². The largest absolute Gasteiger partial charge is 0.481 e. The molecule has 0 unspecified atom stereocenters. The molecule has 0 aliphatic heterocycles. The van der Waals surface area contributed by atoms with E-state index in [2.05, 4.69) is 45.0 Å². The van der Waals surface area contributed by atoms with E-state index in [-0.39, 0.29) is 16.8 Å². The van der Waals surface area contributed by atoms with E-state index in [1.54, 1.807) is 0 Å². The molecule has 0 bridgehead atoms. The van der Waals surface area contributed by atoms with Crippen molar-refractivity contribution in [2.75, 3.05) is 0 Å². The summed E-state index contributed by atoms with van der Waals surface area (Å²) in [4.78, 5) is 10.0. The van der Waals surface area contributed by atoms with Crippen LogP contribution in [0.4, 0.5) is 0 Å². The van der Waals surface area contributed by atoms with Crippen LogP contribution in [0.15, 0.2) is 24.3 Å². The van der Waals surface area contributed by atoms with E-state index >= 15 is 0 Å². The van der Waals surface area contributed by atoms with Gasteiger partial charge in [-0.2, -0.15) is 0 Å². The van der Waals surface area contributed by atoms with Crippen LogP contribution < -0.4 is 0 Å². The van der Waals surface area contributed by atoms with E-state index in [4.69, 9.17) is 5.11 Å². The molecule has 2 nitrogen and oxygen atoms in total. The number of unbranched alkanes of at least 4 members (excludes halogenated alkanes) is 4. The third-order valence-corrected chi connectivity index (χ3v) is 2.92. The first-order valence-corrected chi connectivity index (χ1v) is 6.82. The Hall–Kier alpha value is -0.804. The van der Waals surface area contributed by atoms with Crippen LogP contribution in [0.2, 0.25) is 0 Å². The molecule has 0 saturated carbocycles. The van der Waals surface area contributed by atoms with Gasteiger partial charge < -0.3 is 5.11 Å². The molecule has 1 rings (SSSR count). The normalized spacial score (nSPS) is 9.00. The number of carboxylic acid groups (broad SMARTS) is 1. The van der Waals surface area contributed by atoms with Gasteiger partial charge in [0, 0.05) is 23.2 Å². The van der Waals surface area contributed by atoms with E-state index in [0.717, 1.165) is 12.8 Å². The average molecular weight is 309 g/mol. The van der Waals surface area contributed by atoms with Gasteiger partial charge in [-0.3, -0.25) is 4.79 Å². The number of rotatable bonds is 6. The molecule has 0 spiro atoms. The Bertz CT molecular complexity index is 316. The summed E-state index contributed by atoms with van der Waals surface area (Å²) in [5.41, 5.74) is 2.74. The zero-order valence-corrected chi connectivity index (χ0v) is 13.3. The standard InChI is InChI=1S/C8H16O2.C8H10.Co/c1-2-3-4-5-6-7-8(9)10;1-7-5-3-4-6-8(7)2;/h2-7H2,1H3,(H,9,10);3-6H,1-2H3;. The molecule has 0 aliphatic rings. The van der Waals surface area contributed by atoms with Gasteiger partial charge in [-0.15, -0.1) is 0 Å². The van der Waals surface area contributed by atoms with Crippen molar-refractivity contribution in [1.29, 1.82) is 0 Å². The van der Waals surface area contributed by atoms with Crippen molar-refractivity contribution in [1.82, 2.24) is 0 Å². The van der Waals surface area contributed by atoms with Crippen molar-refractivity contribution < 1.29 is 26.7 Å². The van der Waals surface area contributed by atoms with Crippen molar-refractivity contribution in [3.8, 4) is 0 Å². The molecule has 0 atom stereocenters. The molecule has 3 heteroatoms. The van der Waals surface area contributed by atoms with Crippen LogP contribution in [-0.2, 0) is 21.6 Å². The Balaban J connectivity index is 0. The first kappa shape index (κ1) is 20.5. The second-order valence-electron chi connectivity index (χ2n) is 4.64. The maximum Gasteiger partial charge on any atom is 0.303 e. The maximum absolute atomic E-state index is 10.0. The Labute approximate surface area is 127 Å². The number of aryl methyl sites for hydroxylation is 2. The van der Waals surface area contributed by atoms with E-state index in [0.29, 0.717) is 6.42 Å². The molecule has 0 amide bonds. The van der Waals surface area contributed by atoms with Gasteiger partial charge in [0.2, 0.25) is 0 Å². The summed E-state index contributed by atoms with van der Waals surface area (Å²) in [6.45, 7) is 6.39. The summed E-state index contributed by atoms with van der Waals surface area (Å²) in [6.07, 6.45) is 5.88. The molecule has 1 radical (unpaired) electrons. The van der Waals surface area contributed by atoms with Crippen molar-refractivity contribution in [3.05, 3.63) is 35.4 Å². The molecule has 1 aromatic carbocycles. The van der Waals surface area contributed by atoms with Crippen LogP contribution in [0.5, 0.6) is 0 Å². The first-order chi connectivity index (χ1) is 8.57. The van der Waals surface area contributed by atoms with Crippen molar-refractivity contribution >= 4 is 5.97 Å². The molecule has 0 saturated heterocycles. The number of hydrogen-bond donors (Lipinski definition) is 1. The van der Waals surface area contributed by atoms with Gasteiger partial charge in [-0.05, 0) is 31.4 Å². The van der Waals surface area contributed by atoms with Gasteiger partial charge in [0.15, 0.2) is 0 Å². The first-order valence-electron chi connectivity index (χ1n) is 6.82. The Morgan fingerprint density at radius 2 is 1.47 bits per heavy atom. The predicted octanol–water partition coefficient (Wildman–Crippen LogP) is 4.73. The fourth-order valence-corrected chi connectivity index (χ4v) is 1.54. The second-order valence-corrected chi connectivity index (χ2v) is 4.64. The Kier molecular flexibility index (Phi) is 14.7. The molecule has 111 valence electrons. The summed E-state index contributed by atoms with van der Waals surface area (Å²) >= 11 is 0. The zero-order chi connectivity index (χ0) is 13.8. The second kappa shape index (κ2) is 13.6. The number of aliphatic carboxylic acids is 1. The molecule has 0 fully saturated rings. The van der Waals surface area contributed by atoms with Crippen LogP contribution in [-0.4, -0.2) is 11.1 Å². The van der Waals surface area contributed by atoms with Crippen LogP contribution in [0.1, 0.15) is 56.6 Å². The fraction of sp³-hybridized carbons (Fsp3) is 0.562. The van der Waals surface area contributed by atoms with Crippen LogP contribution in [0, 0.1) is 13.8 Å². The monoisotopic (exact) mass is 309 g/mol. The third-order valence-electron chi connectivity index (χ3n) is 2.92. The summed E-state index contributed by atoms with van der Waals surface area (Å²) in [6, 6.07) is 8.36. The molecule has 0 heterocycles. The summed E-state index contributed by atoms with van der Waals surface area (Å²) in [7, 11) is 0. The van der Waals surface area contributed by atoms with Crippen LogP contribution in [0.25, 0.3) is 0 Å². The summed E-state index contributed by atoms with van der Waals surface area (Å²) in [5.74, 6) is -0.670. The van der Waals surface area contributed by atoms with Gasteiger partial charge in [0.25, 0.3) is 0 Å². The van der Waals surface area contributed by atoms with E-state index in [9.17, 15) is 4.79 Å². The molecule has 0 aliphatic carbocycles. The van der Waals surface area contributed by atoms with Crippen molar-refractivity contribution in [3.63, 3.8) is 0 Å². The fourth-order valence-electron chi connectivity index (χ4n) is 1.54. The topological polar surface area (TPSA) is 37.3 Å². The minimum Gasteiger partial charge on any atom is -0.481 e. The minimum atomic E-state index is -0.670. The Morgan fingerprint density at radius 3 is 1.84 bits per heavy atom. The Morgan fingerprint density at radius 1 is 1.00 bits per heavy atom. The van der Waals surface area contributed by atoms with Gasteiger partial charge in [0.1, 0.15) is 0 Å². The van der Waals surface area contributed by atoms with E-state index in [1.165, 1.54) is 30.4 Å². The van der Waals surface area contributed by atoms with E-state index in [1.807, 2.05) is 0 Å². The molecular formula is C16H26CoO2. The number of carboxylic acids is 1. The molecule has 19 heavy (non-hydrogen) atoms. The molecule has 1 aromatic rings. The quantitative estimate of drug-likeness (QED) is 0.771. The van der Waals surface area contributed by atoms with Gasteiger partial charge in [-0.1, -0.05) is 56.9 Å². The third kappa shape index (κ3) is 13.4. The maximum atomic E-state index is 10.0. The minimum absolute atomic E-state index is 0. The summed E-state index contributed by atoms with van der Waals surface area (Å²) in [5, 5.41) is 8.27. The zero-order valence-electron chi connectivity index (χ0n) is 12.2. The van der Waals surface area contributed by atoms with Crippen molar-refractivity contribution in [2.45, 2.75) is 59.3 Å². The van der Waals surface area contributed by atoms with Gasteiger partial charge in [0.05, 0.1) is 0 Å². The average Bonchev–Trinajstić information content (AvgIpc) is 2.33. The number of benzene rings is 1. The van der Waals surface area contributed by atoms with Crippen LogP contribution in [0.3, 0.4) is 0 Å². The smallest absolute Gasteiger partial charge is 0.303 e. The number of hydrogen-bond acceptors (Lipinski definition) is 1. The SMILES string of the molecule is CCCCCCCC(=O)O.Cc1ccccc1C.[Co]. The van der Waals surface area contributed by atoms with E-state index < -0.39 is 5.97 Å².